The van der Waals surface area contributed by atoms with E-state index in [1.54, 1.807) is 0 Å². The van der Waals surface area contributed by atoms with Gasteiger partial charge in [-0.25, -0.2) is 0 Å². The van der Waals surface area contributed by atoms with Crippen LogP contribution in [0.5, 0.6) is 0 Å². The molecule has 2 heteroatoms. The third-order valence-corrected chi connectivity index (χ3v) is 4.20. The molecular weight excluding hydrogens is 210 g/mol. The SMILES string of the molecule is CCCNCC1CCC(CC)CC1COCC. The van der Waals surface area contributed by atoms with Crippen LogP contribution in [-0.4, -0.2) is 26.3 Å². The van der Waals surface area contributed by atoms with Gasteiger partial charge in [0.2, 0.25) is 0 Å². The van der Waals surface area contributed by atoms with E-state index in [1.165, 1.54) is 38.6 Å². The van der Waals surface area contributed by atoms with E-state index < -0.39 is 0 Å². The van der Waals surface area contributed by atoms with Crippen molar-refractivity contribution in [3.05, 3.63) is 0 Å². The first-order valence-electron chi connectivity index (χ1n) is 7.60. The Morgan fingerprint density at radius 3 is 2.59 bits per heavy atom. The smallest absolute Gasteiger partial charge is 0.0497 e. The van der Waals surface area contributed by atoms with Crippen LogP contribution in [0.2, 0.25) is 0 Å². The van der Waals surface area contributed by atoms with E-state index in [0.717, 1.165) is 37.5 Å². The highest BCUT2D eigenvalue weighted by atomic mass is 16.5. The van der Waals surface area contributed by atoms with Gasteiger partial charge < -0.3 is 10.1 Å². The van der Waals surface area contributed by atoms with Gasteiger partial charge in [0.15, 0.2) is 0 Å². The quantitative estimate of drug-likeness (QED) is 0.657. The molecular formula is C15H31NO. The van der Waals surface area contributed by atoms with Gasteiger partial charge in [-0.05, 0) is 57.0 Å². The number of rotatable bonds is 8. The molecule has 0 aromatic carbocycles. The normalized spacial score (nSPS) is 29.5. The molecule has 1 fully saturated rings. The molecule has 1 saturated carbocycles. The minimum atomic E-state index is 0.790. The first-order chi connectivity index (χ1) is 8.31. The van der Waals surface area contributed by atoms with Crippen LogP contribution in [0.4, 0.5) is 0 Å². The molecule has 3 unspecified atom stereocenters. The Hall–Kier alpha value is -0.0800. The lowest BCUT2D eigenvalue weighted by atomic mass is 9.73. The van der Waals surface area contributed by atoms with E-state index in [2.05, 4.69) is 26.1 Å². The van der Waals surface area contributed by atoms with E-state index in [-0.39, 0.29) is 0 Å². The van der Waals surface area contributed by atoms with Crippen molar-refractivity contribution in [2.24, 2.45) is 17.8 Å². The average molecular weight is 241 g/mol. The second-order valence-electron chi connectivity index (χ2n) is 5.47. The summed E-state index contributed by atoms with van der Waals surface area (Å²) < 4.78 is 5.67. The Kier molecular flexibility index (Phi) is 7.87. The zero-order valence-electron chi connectivity index (χ0n) is 12.0. The Morgan fingerprint density at radius 2 is 1.94 bits per heavy atom. The molecule has 1 rings (SSSR count). The molecule has 1 aliphatic rings. The lowest BCUT2D eigenvalue weighted by Crippen LogP contribution is -2.35. The van der Waals surface area contributed by atoms with E-state index >= 15 is 0 Å². The third kappa shape index (κ3) is 5.39. The van der Waals surface area contributed by atoms with Crippen molar-refractivity contribution in [3.8, 4) is 0 Å². The molecule has 17 heavy (non-hydrogen) atoms. The molecule has 0 radical (unpaired) electrons. The number of hydrogen-bond acceptors (Lipinski definition) is 2. The molecule has 0 amide bonds. The molecule has 0 aromatic rings. The van der Waals surface area contributed by atoms with Crippen molar-refractivity contribution in [2.75, 3.05) is 26.3 Å². The molecule has 2 nitrogen and oxygen atoms in total. The van der Waals surface area contributed by atoms with Crippen LogP contribution in [0.25, 0.3) is 0 Å². The van der Waals surface area contributed by atoms with Gasteiger partial charge in [0.05, 0.1) is 0 Å². The summed E-state index contributed by atoms with van der Waals surface area (Å²) in [6.07, 6.45) is 6.79. The minimum absolute atomic E-state index is 0.790. The topological polar surface area (TPSA) is 21.3 Å². The Morgan fingerprint density at radius 1 is 1.12 bits per heavy atom. The van der Waals surface area contributed by atoms with Gasteiger partial charge in [0.25, 0.3) is 0 Å². The van der Waals surface area contributed by atoms with Crippen LogP contribution >= 0.6 is 0 Å². The van der Waals surface area contributed by atoms with Gasteiger partial charge in [-0.3, -0.25) is 0 Å². The monoisotopic (exact) mass is 241 g/mol. The maximum Gasteiger partial charge on any atom is 0.0497 e. The van der Waals surface area contributed by atoms with Crippen molar-refractivity contribution >= 4 is 0 Å². The van der Waals surface area contributed by atoms with Gasteiger partial charge in [-0.1, -0.05) is 26.7 Å². The standard InChI is InChI=1S/C15H31NO/c1-4-9-16-11-14-8-7-13(5-2)10-15(14)12-17-6-3/h13-16H,4-12H2,1-3H3. The summed E-state index contributed by atoms with van der Waals surface area (Å²) in [5, 5.41) is 3.59. The molecule has 102 valence electrons. The number of hydrogen-bond donors (Lipinski definition) is 1. The second kappa shape index (κ2) is 8.93. The lowest BCUT2D eigenvalue weighted by molar-refractivity contribution is 0.0502. The van der Waals surface area contributed by atoms with Crippen molar-refractivity contribution in [2.45, 2.75) is 52.9 Å². The van der Waals surface area contributed by atoms with E-state index in [9.17, 15) is 0 Å². The zero-order chi connectivity index (χ0) is 12.5. The van der Waals surface area contributed by atoms with Gasteiger partial charge in [-0.2, -0.15) is 0 Å². The van der Waals surface area contributed by atoms with Crippen molar-refractivity contribution in [3.63, 3.8) is 0 Å². The van der Waals surface area contributed by atoms with E-state index in [0.29, 0.717) is 0 Å². The van der Waals surface area contributed by atoms with Crippen LogP contribution in [0, 0.1) is 17.8 Å². The van der Waals surface area contributed by atoms with Crippen LogP contribution in [0.15, 0.2) is 0 Å². The lowest BCUT2D eigenvalue weighted by Gasteiger charge is -2.36. The molecule has 1 N–H and O–H groups in total. The van der Waals surface area contributed by atoms with Crippen LogP contribution < -0.4 is 5.32 Å². The fourth-order valence-corrected chi connectivity index (χ4v) is 3.00. The molecule has 0 saturated heterocycles. The molecule has 0 aromatic heterocycles. The predicted molar refractivity (Wildman–Crippen MR) is 74.3 cm³/mol. The minimum Gasteiger partial charge on any atom is -0.381 e. The molecule has 0 heterocycles. The van der Waals surface area contributed by atoms with E-state index in [4.69, 9.17) is 4.74 Å². The maximum absolute atomic E-state index is 5.67. The summed E-state index contributed by atoms with van der Waals surface area (Å²) in [6, 6.07) is 0. The molecule has 0 spiro atoms. The Balaban J connectivity index is 2.36. The highest BCUT2D eigenvalue weighted by Crippen LogP contribution is 2.35. The fourth-order valence-electron chi connectivity index (χ4n) is 3.00. The summed E-state index contributed by atoms with van der Waals surface area (Å²) >= 11 is 0. The summed E-state index contributed by atoms with van der Waals surface area (Å²) in [5.41, 5.74) is 0. The van der Waals surface area contributed by atoms with Gasteiger partial charge in [-0.15, -0.1) is 0 Å². The largest absolute Gasteiger partial charge is 0.381 e. The van der Waals surface area contributed by atoms with Crippen molar-refractivity contribution in [1.29, 1.82) is 0 Å². The first kappa shape index (κ1) is 15.0. The fraction of sp³-hybridized carbons (Fsp3) is 1.00. The average Bonchev–Trinajstić information content (AvgIpc) is 2.37. The van der Waals surface area contributed by atoms with E-state index in [1.807, 2.05) is 0 Å². The zero-order valence-corrected chi connectivity index (χ0v) is 12.0. The Bertz CT molecular complexity index is 182. The summed E-state index contributed by atoms with van der Waals surface area (Å²) in [6.45, 7) is 10.9. The summed E-state index contributed by atoms with van der Waals surface area (Å²) in [5.74, 6) is 2.58. The highest BCUT2D eigenvalue weighted by molar-refractivity contribution is 4.81. The summed E-state index contributed by atoms with van der Waals surface area (Å²) in [7, 11) is 0. The van der Waals surface area contributed by atoms with Crippen molar-refractivity contribution in [1.82, 2.24) is 5.32 Å². The van der Waals surface area contributed by atoms with Gasteiger partial charge in [0.1, 0.15) is 0 Å². The molecule has 3 atom stereocenters. The third-order valence-electron chi connectivity index (χ3n) is 4.20. The van der Waals surface area contributed by atoms with Crippen LogP contribution in [0.1, 0.15) is 52.9 Å². The molecule has 1 aliphatic carbocycles. The van der Waals surface area contributed by atoms with Crippen LogP contribution in [-0.2, 0) is 4.74 Å². The molecule has 0 aliphatic heterocycles. The van der Waals surface area contributed by atoms with Crippen molar-refractivity contribution < 1.29 is 4.74 Å². The van der Waals surface area contributed by atoms with Gasteiger partial charge in [0, 0.05) is 13.2 Å². The van der Waals surface area contributed by atoms with Crippen LogP contribution in [0.3, 0.4) is 0 Å². The second-order valence-corrected chi connectivity index (χ2v) is 5.47. The number of nitrogens with one attached hydrogen (secondary N) is 1. The maximum atomic E-state index is 5.67. The first-order valence-corrected chi connectivity index (χ1v) is 7.60. The number of ether oxygens (including phenoxy) is 1. The predicted octanol–water partition coefficient (Wildman–Crippen LogP) is 3.47. The highest BCUT2D eigenvalue weighted by Gasteiger charge is 2.29. The van der Waals surface area contributed by atoms with Gasteiger partial charge >= 0.3 is 0 Å². The Labute approximate surface area is 108 Å². The summed E-state index contributed by atoms with van der Waals surface area (Å²) in [4.78, 5) is 0. The molecule has 0 bridgehead atoms.